The number of carbonyl (C=O) groups is 2. The molecule has 4 rings (SSSR count). The number of aryl methyl sites for hydroxylation is 1. The van der Waals surface area contributed by atoms with Crippen molar-refractivity contribution in [2.45, 2.75) is 33.4 Å². The van der Waals surface area contributed by atoms with E-state index in [1.54, 1.807) is 6.92 Å². The average molecular weight is 443 g/mol. The van der Waals surface area contributed by atoms with Gasteiger partial charge in [0.1, 0.15) is 18.1 Å². The van der Waals surface area contributed by atoms with E-state index in [2.05, 4.69) is 10.6 Å². The number of amides is 2. The van der Waals surface area contributed by atoms with Gasteiger partial charge in [-0.25, -0.2) is 9.59 Å². The predicted molar refractivity (Wildman–Crippen MR) is 126 cm³/mol. The van der Waals surface area contributed by atoms with E-state index < -0.39 is 12.0 Å². The smallest absolute Gasteiger partial charge is 0.338 e. The fourth-order valence-electron chi connectivity index (χ4n) is 3.71. The van der Waals surface area contributed by atoms with Crippen molar-refractivity contribution in [1.29, 1.82) is 0 Å². The number of benzene rings is 3. The zero-order valence-corrected chi connectivity index (χ0v) is 18.8. The van der Waals surface area contributed by atoms with Crippen molar-refractivity contribution in [1.82, 2.24) is 10.6 Å². The molecule has 0 spiro atoms. The fraction of sp³-hybridized carbons (Fsp3) is 0.185. The number of ether oxygens (including phenoxy) is 2. The molecule has 1 heterocycles. The quantitative estimate of drug-likeness (QED) is 0.497. The van der Waals surface area contributed by atoms with Gasteiger partial charge in [0.05, 0.1) is 11.6 Å². The molecule has 3 aromatic rings. The van der Waals surface area contributed by atoms with E-state index in [1.165, 1.54) is 0 Å². The maximum Gasteiger partial charge on any atom is 0.338 e. The van der Waals surface area contributed by atoms with E-state index in [-0.39, 0.29) is 12.6 Å². The highest BCUT2D eigenvalue weighted by atomic mass is 16.5. The minimum Gasteiger partial charge on any atom is -0.457 e. The summed E-state index contributed by atoms with van der Waals surface area (Å²) in [5.74, 6) is 0.977. The lowest BCUT2D eigenvalue weighted by Crippen LogP contribution is -2.45. The van der Waals surface area contributed by atoms with Gasteiger partial charge in [-0.3, -0.25) is 0 Å². The molecule has 0 aromatic heterocycles. The molecule has 168 valence electrons. The van der Waals surface area contributed by atoms with E-state index in [0.717, 1.165) is 28.0 Å². The standard InChI is InChI=1S/C27H26N2O4/c1-17-8-7-11-23(18(17)2)33-22-14-12-21(13-15-22)25-24(19(3)28-27(31)29-25)26(30)32-16-20-9-5-4-6-10-20/h4-15,25H,16H2,1-3H3,(H2,28,29,31). The van der Waals surface area contributed by atoms with Gasteiger partial charge in [-0.05, 0) is 61.2 Å². The number of esters is 1. The van der Waals surface area contributed by atoms with Crippen LogP contribution in [0.2, 0.25) is 0 Å². The highest BCUT2D eigenvalue weighted by Gasteiger charge is 2.32. The minimum atomic E-state index is -0.628. The predicted octanol–water partition coefficient (Wildman–Crippen LogP) is 5.47. The Morgan fingerprint density at radius 2 is 1.64 bits per heavy atom. The van der Waals surface area contributed by atoms with Crippen molar-refractivity contribution in [2.24, 2.45) is 0 Å². The summed E-state index contributed by atoms with van der Waals surface area (Å²) < 4.78 is 11.6. The first kappa shape index (κ1) is 22.1. The number of rotatable bonds is 6. The molecule has 3 aromatic carbocycles. The second kappa shape index (κ2) is 9.61. The van der Waals surface area contributed by atoms with Crippen molar-refractivity contribution >= 4 is 12.0 Å². The minimum absolute atomic E-state index is 0.153. The van der Waals surface area contributed by atoms with Gasteiger partial charge < -0.3 is 20.1 Å². The van der Waals surface area contributed by atoms with Gasteiger partial charge in [0.25, 0.3) is 0 Å². The SMILES string of the molecule is CC1=C(C(=O)OCc2ccccc2)C(c2ccc(Oc3cccc(C)c3C)cc2)NC(=O)N1. The zero-order valence-electron chi connectivity index (χ0n) is 18.8. The summed E-state index contributed by atoms with van der Waals surface area (Å²) in [4.78, 5) is 25.1. The Kier molecular flexibility index (Phi) is 6.45. The van der Waals surface area contributed by atoms with Crippen LogP contribution in [0.4, 0.5) is 4.79 Å². The average Bonchev–Trinajstić information content (AvgIpc) is 2.81. The van der Waals surface area contributed by atoms with Crippen LogP contribution in [0.15, 0.2) is 84.1 Å². The molecule has 1 aliphatic rings. The van der Waals surface area contributed by atoms with E-state index >= 15 is 0 Å². The summed E-state index contributed by atoms with van der Waals surface area (Å²) in [5.41, 5.74) is 4.71. The molecule has 6 heteroatoms. The van der Waals surface area contributed by atoms with E-state index in [1.807, 2.05) is 86.6 Å². The molecule has 33 heavy (non-hydrogen) atoms. The van der Waals surface area contributed by atoms with Gasteiger partial charge in [-0.15, -0.1) is 0 Å². The van der Waals surface area contributed by atoms with Crippen LogP contribution in [0, 0.1) is 13.8 Å². The number of allylic oxidation sites excluding steroid dienone is 1. The first-order chi connectivity index (χ1) is 15.9. The van der Waals surface area contributed by atoms with Gasteiger partial charge in [-0.2, -0.15) is 0 Å². The number of hydrogen-bond acceptors (Lipinski definition) is 4. The molecule has 0 saturated carbocycles. The van der Waals surface area contributed by atoms with Gasteiger partial charge in [0.2, 0.25) is 0 Å². The van der Waals surface area contributed by atoms with Crippen LogP contribution in [-0.2, 0) is 16.1 Å². The third-order valence-electron chi connectivity index (χ3n) is 5.70. The lowest BCUT2D eigenvalue weighted by molar-refractivity contribution is -0.140. The van der Waals surface area contributed by atoms with E-state index in [9.17, 15) is 9.59 Å². The van der Waals surface area contributed by atoms with Gasteiger partial charge in [0, 0.05) is 5.70 Å². The number of hydrogen-bond donors (Lipinski definition) is 2. The summed E-state index contributed by atoms with van der Waals surface area (Å²) in [6, 6.07) is 21.7. The van der Waals surface area contributed by atoms with Crippen LogP contribution >= 0.6 is 0 Å². The largest absolute Gasteiger partial charge is 0.457 e. The van der Waals surface area contributed by atoms with Crippen LogP contribution in [0.25, 0.3) is 0 Å². The Hall–Kier alpha value is -4.06. The second-order valence-electron chi connectivity index (χ2n) is 8.00. The normalized spacial score (nSPS) is 15.5. The second-order valence-corrected chi connectivity index (χ2v) is 8.00. The number of carbonyl (C=O) groups excluding carboxylic acids is 2. The van der Waals surface area contributed by atoms with Crippen LogP contribution in [-0.4, -0.2) is 12.0 Å². The summed E-state index contributed by atoms with van der Waals surface area (Å²) in [6.07, 6.45) is 0. The van der Waals surface area contributed by atoms with Crippen LogP contribution in [0.3, 0.4) is 0 Å². The maximum atomic E-state index is 13.0. The molecule has 1 aliphatic heterocycles. The summed E-state index contributed by atoms with van der Waals surface area (Å²) in [7, 11) is 0. The molecule has 0 radical (unpaired) electrons. The molecule has 0 fully saturated rings. The highest BCUT2D eigenvalue weighted by molar-refractivity contribution is 5.95. The third kappa shape index (κ3) is 5.06. The van der Waals surface area contributed by atoms with E-state index in [4.69, 9.17) is 9.47 Å². The topological polar surface area (TPSA) is 76.7 Å². The number of urea groups is 1. The summed E-state index contributed by atoms with van der Waals surface area (Å²) >= 11 is 0. The Morgan fingerprint density at radius 1 is 0.909 bits per heavy atom. The third-order valence-corrected chi connectivity index (χ3v) is 5.70. The van der Waals surface area contributed by atoms with Gasteiger partial charge in [-0.1, -0.05) is 54.6 Å². The molecule has 0 bridgehead atoms. The van der Waals surface area contributed by atoms with Gasteiger partial charge >= 0.3 is 12.0 Å². The molecule has 2 N–H and O–H groups in total. The van der Waals surface area contributed by atoms with E-state index in [0.29, 0.717) is 17.0 Å². The van der Waals surface area contributed by atoms with Crippen molar-refractivity contribution in [3.05, 3.63) is 106 Å². The molecule has 1 unspecified atom stereocenters. The Balaban J connectivity index is 1.54. The highest BCUT2D eigenvalue weighted by Crippen LogP contribution is 2.31. The van der Waals surface area contributed by atoms with Crippen LogP contribution in [0.5, 0.6) is 11.5 Å². The molecule has 6 nitrogen and oxygen atoms in total. The Labute approximate surface area is 193 Å². The molecule has 0 saturated heterocycles. The Morgan fingerprint density at radius 3 is 2.36 bits per heavy atom. The van der Waals surface area contributed by atoms with Gasteiger partial charge in [0.15, 0.2) is 0 Å². The van der Waals surface area contributed by atoms with Crippen molar-refractivity contribution in [2.75, 3.05) is 0 Å². The molecule has 1 atom stereocenters. The first-order valence-corrected chi connectivity index (χ1v) is 10.8. The van der Waals surface area contributed by atoms with Crippen molar-refractivity contribution in [3.63, 3.8) is 0 Å². The number of nitrogens with one attached hydrogen (secondary N) is 2. The maximum absolute atomic E-state index is 13.0. The zero-order chi connectivity index (χ0) is 23.4. The summed E-state index contributed by atoms with van der Waals surface area (Å²) in [5, 5.41) is 5.50. The Bertz CT molecular complexity index is 1200. The lowest BCUT2D eigenvalue weighted by Gasteiger charge is -2.28. The lowest BCUT2D eigenvalue weighted by atomic mass is 9.95. The molecule has 2 amide bonds. The van der Waals surface area contributed by atoms with Crippen LogP contribution in [0.1, 0.15) is 35.2 Å². The molecular formula is C27H26N2O4. The van der Waals surface area contributed by atoms with Crippen molar-refractivity contribution < 1.29 is 19.1 Å². The summed E-state index contributed by atoms with van der Waals surface area (Å²) in [6.45, 7) is 5.91. The molecule has 0 aliphatic carbocycles. The fourth-order valence-corrected chi connectivity index (χ4v) is 3.71. The molecular weight excluding hydrogens is 416 g/mol. The first-order valence-electron chi connectivity index (χ1n) is 10.8. The monoisotopic (exact) mass is 442 g/mol. The van der Waals surface area contributed by atoms with Crippen molar-refractivity contribution in [3.8, 4) is 11.5 Å². The van der Waals surface area contributed by atoms with Crippen LogP contribution < -0.4 is 15.4 Å².